The third-order valence-corrected chi connectivity index (χ3v) is 5.16. The quantitative estimate of drug-likeness (QED) is 0.501. The number of rotatable bonds is 4. The number of hydrogen-bond donors (Lipinski definition) is 3. The maximum atomic E-state index is 13.0. The van der Waals surface area contributed by atoms with Gasteiger partial charge in [-0.3, -0.25) is 9.78 Å². The lowest BCUT2D eigenvalue weighted by Crippen LogP contribution is -2.27. The first kappa shape index (κ1) is 23.7. The zero-order chi connectivity index (χ0) is 25.2. The van der Waals surface area contributed by atoms with Gasteiger partial charge in [-0.1, -0.05) is 18.2 Å². The number of fused-ring (bicyclic) bond motifs is 1. The Balaban J connectivity index is 1.61. The molecule has 11 heteroatoms. The molecule has 0 radical (unpaired) electrons. The van der Waals surface area contributed by atoms with Crippen molar-refractivity contribution < 1.29 is 22.8 Å². The topological polar surface area (TPSA) is 99.2 Å². The number of carbonyl (C=O) groups excluding carboxylic acids is 2. The second-order valence-corrected chi connectivity index (χ2v) is 7.91. The van der Waals surface area contributed by atoms with Crippen LogP contribution in [0.2, 0.25) is 0 Å². The van der Waals surface area contributed by atoms with Gasteiger partial charge in [0.2, 0.25) is 0 Å². The largest absolute Gasteiger partial charge is 0.433 e. The molecule has 180 valence electrons. The molecule has 2 aromatic heterocycles. The Kier molecular flexibility index (Phi) is 6.41. The van der Waals surface area contributed by atoms with Crippen LogP contribution in [-0.4, -0.2) is 47.4 Å². The van der Waals surface area contributed by atoms with Gasteiger partial charge in [0, 0.05) is 49.2 Å². The molecule has 35 heavy (non-hydrogen) atoms. The van der Waals surface area contributed by atoms with Crippen LogP contribution < -0.4 is 16.0 Å². The van der Waals surface area contributed by atoms with Crippen molar-refractivity contribution in [2.24, 2.45) is 0 Å². The summed E-state index contributed by atoms with van der Waals surface area (Å²) in [5.41, 5.74) is 2.41. The van der Waals surface area contributed by atoms with Crippen LogP contribution in [0.5, 0.6) is 0 Å². The Morgan fingerprint density at radius 2 is 1.83 bits per heavy atom. The maximum absolute atomic E-state index is 13.0. The molecule has 0 spiro atoms. The molecule has 0 bridgehead atoms. The van der Waals surface area contributed by atoms with E-state index in [2.05, 4.69) is 25.9 Å². The molecule has 3 amide bonds. The van der Waals surface area contributed by atoms with Gasteiger partial charge in [0.15, 0.2) is 0 Å². The molecule has 8 nitrogen and oxygen atoms in total. The third-order valence-electron chi connectivity index (χ3n) is 5.16. The lowest BCUT2D eigenvalue weighted by molar-refractivity contribution is -0.141. The molecular weight excluding hydrogens is 461 g/mol. The summed E-state index contributed by atoms with van der Waals surface area (Å²) < 4.78 is 38.9. The second-order valence-electron chi connectivity index (χ2n) is 7.91. The van der Waals surface area contributed by atoms with Gasteiger partial charge in [0.05, 0.1) is 11.9 Å². The highest BCUT2D eigenvalue weighted by Gasteiger charge is 2.32. The van der Waals surface area contributed by atoms with Crippen molar-refractivity contribution >= 4 is 34.7 Å². The Hall–Kier alpha value is -4.41. The summed E-state index contributed by atoms with van der Waals surface area (Å²) in [7, 11) is 3.24. The van der Waals surface area contributed by atoms with Crippen LogP contribution in [0.3, 0.4) is 0 Å². The molecule has 4 rings (SSSR count). The van der Waals surface area contributed by atoms with E-state index in [9.17, 15) is 22.8 Å². The fourth-order valence-corrected chi connectivity index (χ4v) is 3.44. The molecule has 0 aliphatic carbocycles. The van der Waals surface area contributed by atoms with Crippen LogP contribution in [0.1, 0.15) is 11.3 Å². The number of alkyl halides is 3. The van der Waals surface area contributed by atoms with Crippen molar-refractivity contribution in [2.45, 2.75) is 6.18 Å². The minimum absolute atomic E-state index is 0.199. The van der Waals surface area contributed by atoms with E-state index in [0.29, 0.717) is 34.6 Å². The van der Waals surface area contributed by atoms with E-state index in [1.165, 1.54) is 23.2 Å². The fraction of sp³-hybridized carbons (Fsp3) is 0.167. The smallest absolute Gasteiger partial charge is 0.381 e. The Morgan fingerprint density at radius 3 is 2.57 bits per heavy atom. The average Bonchev–Trinajstić information content (AvgIpc) is 2.83. The number of halogens is 3. The van der Waals surface area contributed by atoms with Crippen LogP contribution in [0.25, 0.3) is 16.7 Å². The summed E-state index contributed by atoms with van der Waals surface area (Å²) in [4.78, 5) is 34.0. The van der Waals surface area contributed by atoms with E-state index in [0.717, 1.165) is 11.6 Å². The normalized spacial score (nSPS) is 12.7. The summed E-state index contributed by atoms with van der Waals surface area (Å²) in [6, 6.07) is 10.2. The van der Waals surface area contributed by atoms with E-state index in [-0.39, 0.29) is 11.8 Å². The van der Waals surface area contributed by atoms with E-state index in [1.54, 1.807) is 44.6 Å². The van der Waals surface area contributed by atoms with Crippen LogP contribution in [-0.2, 0) is 11.0 Å². The SMILES string of the molecule is CN(C)C(=O)Nc1cncc(-c2ccc3c(c2)C(C(=O)Nc2cccc(C(F)(F)F)n2)=CCN3)c1. The number of nitrogens with one attached hydrogen (secondary N) is 3. The minimum atomic E-state index is -4.62. The highest BCUT2D eigenvalue weighted by atomic mass is 19.4. The predicted octanol–water partition coefficient (Wildman–Crippen LogP) is 4.70. The molecule has 0 fully saturated rings. The Bertz CT molecular complexity index is 1320. The van der Waals surface area contributed by atoms with Gasteiger partial charge in [0.25, 0.3) is 5.91 Å². The highest BCUT2D eigenvalue weighted by molar-refractivity contribution is 6.27. The van der Waals surface area contributed by atoms with E-state index in [1.807, 2.05) is 6.07 Å². The summed E-state index contributed by atoms with van der Waals surface area (Å²) in [5.74, 6) is -0.780. The molecule has 1 aromatic carbocycles. The number of carbonyl (C=O) groups is 2. The predicted molar refractivity (Wildman–Crippen MR) is 127 cm³/mol. The fourth-order valence-electron chi connectivity index (χ4n) is 3.44. The average molecular weight is 482 g/mol. The summed E-state index contributed by atoms with van der Waals surface area (Å²) in [5, 5.41) is 8.36. The van der Waals surface area contributed by atoms with E-state index >= 15 is 0 Å². The maximum Gasteiger partial charge on any atom is 0.433 e. The number of amides is 3. The Morgan fingerprint density at radius 1 is 1.03 bits per heavy atom. The molecular formula is C24H21F3N6O2. The number of urea groups is 1. The lowest BCUT2D eigenvalue weighted by atomic mass is 9.95. The van der Waals surface area contributed by atoms with Crippen LogP contribution in [0, 0.1) is 0 Å². The van der Waals surface area contributed by atoms with Crippen molar-refractivity contribution in [3.05, 3.63) is 72.2 Å². The molecule has 3 N–H and O–H groups in total. The van der Waals surface area contributed by atoms with Gasteiger partial charge in [-0.15, -0.1) is 0 Å². The highest BCUT2D eigenvalue weighted by Crippen LogP contribution is 2.34. The number of anilines is 3. The standard InChI is InChI=1S/C24H21F3N6O2/c1-33(2)23(35)30-16-10-15(12-28-13-16)14-6-7-19-18(11-14)17(8-9-29-19)22(34)32-21-5-3-4-20(31-21)24(25,26)27/h3-8,10-13,29H,9H2,1-2H3,(H,30,35)(H,31,32,34). The molecule has 0 atom stereocenters. The molecule has 1 aliphatic heterocycles. The van der Waals surface area contributed by atoms with Crippen molar-refractivity contribution in [3.8, 4) is 11.1 Å². The first-order valence-electron chi connectivity index (χ1n) is 10.5. The second kappa shape index (κ2) is 9.45. The van der Waals surface area contributed by atoms with E-state index < -0.39 is 17.8 Å². The first-order valence-corrected chi connectivity index (χ1v) is 10.5. The number of benzene rings is 1. The van der Waals surface area contributed by atoms with Gasteiger partial charge in [-0.25, -0.2) is 9.78 Å². The zero-order valence-electron chi connectivity index (χ0n) is 18.8. The van der Waals surface area contributed by atoms with Gasteiger partial charge in [0.1, 0.15) is 11.5 Å². The van der Waals surface area contributed by atoms with Crippen molar-refractivity contribution in [2.75, 3.05) is 36.6 Å². The summed E-state index contributed by atoms with van der Waals surface area (Å²) >= 11 is 0. The molecule has 3 heterocycles. The zero-order valence-corrected chi connectivity index (χ0v) is 18.8. The lowest BCUT2D eigenvalue weighted by Gasteiger charge is -2.20. The van der Waals surface area contributed by atoms with Crippen molar-refractivity contribution in [3.63, 3.8) is 0 Å². The molecule has 0 unspecified atom stereocenters. The van der Waals surface area contributed by atoms with Gasteiger partial charge < -0.3 is 20.9 Å². The van der Waals surface area contributed by atoms with Crippen LogP contribution >= 0.6 is 0 Å². The van der Waals surface area contributed by atoms with Crippen LogP contribution in [0.4, 0.5) is 35.2 Å². The van der Waals surface area contributed by atoms with Gasteiger partial charge in [-0.2, -0.15) is 13.2 Å². The van der Waals surface area contributed by atoms with Gasteiger partial charge in [-0.05, 0) is 35.9 Å². The first-order chi connectivity index (χ1) is 16.6. The number of pyridine rings is 2. The van der Waals surface area contributed by atoms with E-state index in [4.69, 9.17) is 0 Å². The Labute approximate surface area is 198 Å². The summed E-state index contributed by atoms with van der Waals surface area (Å²) in [6.45, 7) is 0.374. The molecule has 3 aromatic rings. The summed E-state index contributed by atoms with van der Waals surface area (Å²) in [6.07, 6.45) is 0.177. The van der Waals surface area contributed by atoms with Crippen molar-refractivity contribution in [1.82, 2.24) is 14.9 Å². The monoisotopic (exact) mass is 482 g/mol. The third kappa shape index (κ3) is 5.40. The number of nitrogens with zero attached hydrogens (tertiary/aromatic N) is 3. The molecule has 0 saturated heterocycles. The van der Waals surface area contributed by atoms with Crippen molar-refractivity contribution in [1.29, 1.82) is 0 Å². The molecule has 0 saturated carbocycles. The van der Waals surface area contributed by atoms with Crippen LogP contribution in [0.15, 0.2) is 60.9 Å². The minimum Gasteiger partial charge on any atom is -0.381 e. The molecule has 1 aliphatic rings. The van der Waals surface area contributed by atoms with Gasteiger partial charge >= 0.3 is 12.2 Å². The number of aromatic nitrogens is 2. The number of hydrogen-bond acceptors (Lipinski definition) is 5.